The summed E-state index contributed by atoms with van der Waals surface area (Å²) in [6, 6.07) is 3.97. The van der Waals surface area contributed by atoms with Crippen molar-refractivity contribution in [3.8, 4) is 0 Å². The average molecular weight is 219 g/mol. The monoisotopic (exact) mass is 219 g/mol. The average Bonchev–Trinajstić information content (AvgIpc) is 2.67. The zero-order chi connectivity index (χ0) is 11.6. The van der Waals surface area contributed by atoms with E-state index in [-0.39, 0.29) is 0 Å². The first-order valence-corrected chi connectivity index (χ1v) is 4.85. The predicted octanol–water partition coefficient (Wildman–Crippen LogP) is 1.40. The second kappa shape index (κ2) is 3.90. The van der Waals surface area contributed by atoms with Crippen molar-refractivity contribution in [2.24, 2.45) is 5.73 Å². The topological polar surface area (TPSA) is 89.9 Å². The molecule has 84 valence electrons. The lowest BCUT2D eigenvalue weighted by molar-refractivity contribution is 0.385. The number of nitrogens with one attached hydrogen (secondary N) is 1. The lowest BCUT2D eigenvalue weighted by Crippen LogP contribution is -2.29. The van der Waals surface area contributed by atoms with Crippen molar-refractivity contribution < 1.29 is 4.42 Å². The molecule has 0 fully saturated rings. The van der Waals surface area contributed by atoms with Crippen molar-refractivity contribution >= 4 is 11.7 Å². The number of pyridine rings is 1. The molecule has 16 heavy (non-hydrogen) atoms. The van der Waals surface area contributed by atoms with Gasteiger partial charge in [-0.1, -0.05) is 5.10 Å². The molecule has 2 aromatic rings. The maximum absolute atomic E-state index is 5.83. The molecule has 6 heteroatoms. The van der Waals surface area contributed by atoms with E-state index in [9.17, 15) is 0 Å². The van der Waals surface area contributed by atoms with Crippen molar-refractivity contribution in [1.82, 2.24) is 15.2 Å². The summed E-state index contributed by atoms with van der Waals surface area (Å²) in [7, 11) is 0. The minimum atomic E-state index is -0.637. The molecular formula is C10H13N5O. The van der Waals surface area contributed by atoms with Gasteiger partial charge in [-0.25, -0.2) is 0 Å². The molecule has 3 N–H and O–H groups in total. The molecule has 0 radical (unpaired) electrons. The number of nitrogens with two attached hydrogens (primary N) is 1. The molecule has 6 nitrogen and oxygen atoms in total. The van der Waals surface area contributed by atoms with Crippen LogP contribution in [0.2, 0.25) is 0 Å². The van der Waals surface area contributed by atoms with Crippen LogP contribution in [0.5, 0.6) is 0 Å². The molecule has 0 amide bonds. The highest BCUT2D eigenvalue weighted by Crippen LogP contribution is 2.19. The largest absolute Gasteiger partial charge is 0.406 e. The molecule has 0 aliphatic rings. The van der Waals surface area contributed by atoms with E-state index in [1.807, 2.05) is 12.1 Å². The van der Waals surface area contributed by atoms with Gasteiger partial charge in [0.05, 0.1) is 17.4 Å². The fourth-order valence-electron chi connectivity index (χ4n) is 1.09. The molecule has 0 saturated carbocycles. The van der Waals surface area contributed by atoms with Gasteiger partial charge in [0.1, 0.15) is 0 Å². The highest BCUT2D eigenvalue weighted by Gasteiger charge is 2.21. The molecule has 2 rings (SSSR count). The Morgan fingerprint density at radius 2 is 2.19 bits per heavy atom. The Morgan fingerprint density at radius 1 is 1.38 bits per heavy atom. The van der Waals surface area contributed by atoms with E-state index in [0.29, 0.717) is 11.9 Å². The number of hydrogen-bond acceptors (Lipinski definition) is 6. The van der Waals surface area contributed by atoms with Gasteiger partial charge in [-0.05, 0) is 26.0 Å². The third kappa shape index (κ3) is 2.34. The van der Waals surface area contributed by atoms with E-state index in [4.69, 9.17) is 10.2 Å². The molecule has 0 saturated heterocycles. The lowest BCUT2D eigenvalue weighted by atomic mass is 10.1. The van der Waals surface area contributed by atoms with Crippen LogP contribution in [0.4, 0.5) is 11.7 Å². The summed E-state index contributed by atoms with van der Waals surface area (Å²) in [4.78, 5) is 3.96. The fourth-order valence-corrected chi connectivity index (χ4v) is 1.09. The first-order valence-electron chi connectivity index (χ1n) is 4.85. The number of nitrogens with zero attached hydrogens (tertiary/aromatic N) is 3. The van der Waals surface area contributed by atoms with Gasteiger partial charge in [-0.3, -0.25) is 4.98 Å². The normalized spacial score (nSPS) is 11.4. The van der Waals surface area contributed by atoms with E-state index in [0.717, 1.165) is 5.69 Å². The Labute approximate surface area is 92.9 Å². The van der Waals surface area contributed by atoms with Crippen LogP contribution in [0, 0.1) is 0 Å². The summed E-state index contributed by atoms with van der Waals surface area (Å²) in [5, 5.41) is 10.6. The minimum Gasteiger partial charge on any atom is -0.406 e. The van der Waals surface area contributed by atoms with Crippen molar-refractivity contribution in [2.45, 2.75) is 19.4 Å². The summed E-state index contributed by atoms with van der Waals surface area (Å²) in [6.45, 7) is 3.60. The summed E-state index contributed by atoms with van der Waals surface area (Å²) >= 11 is 0. The van der Waals surface area contributed by atoms with Crippen LogP contribution in [0.25, 0.3) is 0 Å². The van der Waals surface area contributed by atoms with E-state index in [1.54, 1.807) is 26.2 Å². The smallest absolute Gasteiger partial charge is 0.320 e. The van der Waals surface area contributed by atoms with Crippen LogP contribution in [0.3, 0.4) is 0 Å². The molecule has 0 aromatic carbocycles. The Kier molecular flexibility index (Phi) is 2.57. The van der Waals surface area contributed by atoms with Gasteiger partial charge in [0.2, 0.25) is 5.89 Å². The number of hydrogen-bond donors (Lipinski definition) is 2. The Morgan fingerprint density at radius 3 is 2.75 bits per heavy atom. The first-order chi connectivity index (χ1) is 7.55. The van der Waals surface area contributed by atoms with Crippen LogP contribution in [0.1, 0.15) is 19.7 Å². The maximum Gasteiger partial charge on any atom is 0.320 e. The number of aromatic nitrogens is 3. The van der Waals surface area contributed by atoms with E-state index in [2.05, 4.69) is 20.5 Å². The zero-order valence-electron chi connectivity index (χ0n) is 9.14. The molecule has 0 aliphatic heterocycles. The van der Waals surface area contributed by atoms with Crippen LogP contribution >= 0.6 is 0 Å². The molecule has 0 unspecified atom stereocenters. The van der Waals surface area contributed by atoms with Crippen molar-refractivity contribution in [1.29, 1.82) is 0 Å². The molecule has 0 aliphatic carbocycles. The van der Waals surface area contributed by atoms with Crippen LogP contribution < -0.4 is 11.1 Å². The van der Waals surface area contributed by atoms with Gasteiger partial charge in [-0.15, -0.1) is 5.10 Å². The highest BCUT2D eigenvalue weighted by atomic mass is 16.4. The molecule has 0 bridgehead atoms. The molecular weight excluding hydrogens is 206 g/mol. The second-order valence-corrected chi connectivity index (χ2v) is 4.00. The van der Waals surface area contributed by atoms with Gasteiger partial charge < -0.3 is 15.5 Å². The second-order valence-electron chi connectivity index (χ2n) is 4.00. The number of anilines is 2. The SMILES string of the molecule is CC(C)(N)c1nnc(Nc2cccnc2)o1. The third-order valence-electron chi connectivity index (χ3n) is 1.89. The van der Waals surface area contributed by atoms with Crippen molar-refractivity contribution in [3.05, 3.63) is 30.4 Å². The predicted molar refractivity (Wildman–Crippen MR) is 59.0 cm³/mol. The molecule has 0 spiro atoms. The van der Waals surface area contributed by atoms with Gasteiger partial charge in [0.25, 0.3) is 0 Å². The van der Waals surface area contributed by atoms with Crippen molar-refractivity contribution in [2.75, 3.05) is 5.32 Å². The highest BCUT2D eigenvalue weighted by molar-refractivity contribution is 5.49. The summed E-state index contributed by atoms with van der Waals surface area (Å²) in [5.41, 5.74) is 5.97. The Balaban J connectivity index is 2.15. The van der Waals surface area contributed by atoms with Gasteiger partial charge in [-0.2, -0.15) is 0 Å². The van der Waals surface area contributed by atoms with Crippen LogP contribution in [0.15, 0.2) is 28.9 Å². The van der Waals surface area contributed by atoms with E-state index < -0.39 is 5.54 Å². The number of rotatable bonds is 3. The molecule has 2 heterocycles. The fraction of sp³-hybridized carbons (Fsp3) is 0.300. The lowest BCUT2D eigenvalue weighted by Gasteiger charge is -2.11. The molecule has 2 aromatic heterocycles. The Hall–Kier alpha value is -1.95. The van der Waals surface area contributed by atoms with Gasteiger partial charge in [0.15, 0.2) is 0 Å². The summed E-state index contributed by atoms with van der Waals surface area (Å²) < 4.78 is 5.37. The standard InChI is InChI=1S/C10H13N5O/c1-10(2,11)8-14-15-9(16-8)13-7-4-3-5-12-6-7/h3-6H,11H2,1-2H3,(H,13,15). The Bertz CT molecular complexity index is 460. The minimum absolute atomic E-state index is 0.307. The quantitative estimate of drug-likeness (QED) is 0.811. The van der Waals surface area contributed by atoms with Crippen LogP contribution in [-0.2, 0) is 5.54 Å². The van der Waals surface area contributed by atoms with Gasteiger partial charge >= 0.3 is 6.01 Å². The third-order valence-corrected chi connectivity index (χ3v) is 1.89. The first kappa shape index (κ1) is 10.6. The summed E-state index contributed by atoms with van der Waals surface area (Å²) in [6.07, 6.45) is 3.35. The van der Waals surface area contributed by atoms with Gasteiger partial charge in [0, 0.05) is 6.20 Å². The maximum atomic E-state index is 5.83. The van der Waals surface area contributed by atoms with Crippen LogP contribution in [-0.4, -0.2) is 15.2 Å². The van der Waals surface area contributed by atoms with Crippen molar-refractivity contribution in [3.63, 3.8) is 0 Å². The van der Waals surface area contributed by atoms with E-state index >= 15 is 0 Å². The summed E-state index contributed by atoms with van der Waals surface area (Å²) in [5.74, 6) is 0.388. The molecule has 0 atom stereocenters. The zero-order valence-corrected chi connectivity index (χ0v) is 9.14. The van der Waals surface area contributed by atoms with E-state index in [1.165, 1.54) is 0 Å².